The van der Waals surface area contributed by atoms with Gasteiger partial charge in [0.15, 0.2) is 6.29 Å². The SMILES string of the molecule is Cc1cc(C=O)sc1CN1CCCC1. The van der Waals surface area contributed by atoms with Gasteiger partial charge in [0.25, 0.3) is 0 Å². The molecule has 0 atom stereocenters. The van der Waals surface area contributed by atoms with E-state index < -0.39 is 0 Å². The van der Waals surface area contributed by atoms with Gasteiger partial charge < -0.3 is 0 Å². The van der Waals surface area contributed by atoms with Crippen molar-refractivity contribution in [1.29, 1.82) is 0 Å². The summed E-state index contributed by atoms with van der Waals surface area (Å²) in [6.07, 6.45) is 3.60. The Bertz CT molecular complexity index is 326. The number of likely N-dealkylation sites (tertiary alicyclic amines) is 1. The monoisotopic (exact) mass is 209 g/mol. The molecule has 0 aromatic carbocycles. The molecular weight excluding hydrogens is 194 g/mol. The molecule has 0 radical (unpaired) electrons. The third kappa shape index (κ3) is 2.04. The molecule has 0 bridgehead atoms. The maximum Gasteiger partial charge on any atom is 0.160 e. The predicted molar refractivity (Wildman–Crippen MR) is 59.0 cm³/mol. The van der Waals surface area contributed by atoms with E-state index in [9.17, 15) is 4.79 Å². The summed E-state index contributed by atoms with van der Waals surface area (Å²) in [5, 5.41) is 0. The normalized spacial score (nSPS) is 17.5. The standard InChI is InChI=1S/C11H15NOS/c1-9-6-10(8-13)14-11(9)7-12-4-2-3-5-12/h6,8H,2-5,7H2,1H3. The van der Waals surface area contributed by atoms with Crippen LogP contribution in [0.4, 0.5) is 0 Å². The van der Waals surface area contributed by atoms with Crippen LogP contribution in [0.3, 0.4) is 0 Å². The Labute approximate surface area is 88.5 Å². The molecular formula is C11H15NOS. The number of aryl methyl sites for hydroxylation is 1. The number of hydrogen-bond acceptors (Lipinski definition) is 3. The lowest BCUT2D eigenvalue weighted by Crippen LogP contribution is -2.17. The highest BCUT2D eigenvalue weighted by molar-refractivity contribution is 7.13. The first-order valence-corrected chi connectivity index (χ1v) is 5.88. The van der Waals surface area contributed by atoms with E-state index in [1.54, 1.807) is 11.3 Å². The fourth-order valence-corrected chi connectivity index (χ4v) is 2.94. The van der Waals surface area contributed by atoms with Crippen molar-refractivity contribution in [2.75, 3.05) is 13.1 Å². The molecule has 0 N–H and O–H groups in total. The Kier molecular flexibility index (Phi) is 2.99. The molecule has 2 rings (SSSR count). The van der Waals surface area contributed by atoms with Crippen LogP contribution >= 0.6 is 11.3 Å². The highest BCUT2D eigenvalue weighted by Crippen LogP contribution is 2.23. The first-order chi connectivity index (χ1) is 6.79. The maximum atomic E-state index is 10.6. The summed E-state index contributed by atoms with van der Waals surface area (Å²) >= 11 is 1.64. The number of carbonyl (C=O) groups excluding carboxylic acids is 1. The zero-order chi connectivity index (χ0) is 9.97. The molecule has 2 nitrogen and oxygen atoms in total. The van der Waals surface area contributed by atoms with Crippen molar-refractivity contribution in [2.24, 2.45) is 0 Å². The Morgan fingerprint density at radius 3 is 2.79 bits per heavy atom. The van der Waals surface area contributed by atoms with Gasteiger partial charge in [-0.3, -0.25) is 9.69 Å². The van der Waals surface area contributed by atoms with Gasteiger partial charge in [-0.15, -0.1) is 11.3 Å². The van der Waals surface area contributed by atoms with Crippen LogP contribution in [0, 0.1) is 6.92 Å². The zero-order valence-electron chi connectivity index (χ0n) is 8.45. The van der Waals surface area contributed by atoms with Crippen molar-refractivity contribution in [1.82, 2.24) is 4.90 Å². The Morgan fingerprint density at radius 2 is 2.21 bits per heavy atom. The topological polar surface area (TPSA) is 20.3 Å². The summed E-state index contributed by atoms with van der Waals surface area (Å²) in [7, 11) is 0. The molecule has 0 spiro atoms. The Balaban J connectivity index is 2.07. The van der Waals surface area contributed by atoms with Gasteiger partial charge in [0, 0.05) is 11.4 Å². The summed E-state index contributed by atoms with van der Waals surface area (Å²) in [6.45, 7) is 5.56. The van der Waals surface area contributed by atoms with E-state index in [0.717, 1.165) is 17.7 Å². The highest BCUT2D eigenvalue weighted by atomic mass is 32.1. The largest absolute Gasteiger partial charge is 0.298 e. The van der Waals surface area contributed by atoms with E-state index in [0.29, 0.717) is 0 Å². The van der Waals surface area contributed by atoms with E-state index in [1.165, 1.54) is 36.4 Å². The molecule has 14 heavy (non-hydrogen) atoms. The van der Waals surface area contributed by atoms with Crippen LogP contribution in [0.15, 0.2) is 6.07 Å². The molecule has 1 aliphatic heterocycles. The third-order valence-corrected chi connectivity index (χ3v) is 3.87. The number of nitrogens with zero attached hydrogens (tertiary/aromatic N) is 1. The number of aldehydes is 1. The molecule has 2 heterocycles. The van der Waals surface area contributed by atoms with Gasteiger partial charge in [-0.25, -0.2) is 0 Å². The molecule has 76 valence electrons. The molecule has 1 aliphatic rings. The lowest BCUT2D eigenvalue weighted by atomic mass is 10.2. The number of thiophene rings is 1. The number of hydrogen-bond donors (Lipinski definition) is 0. The fraction of sp³-hybridized carbons (Fsp3) is 0.545. The lowest BCUT2D eigenvalue weighted by molar-refractivity contribution is 0.112. The third-order valence-electron chi connectivity index (χ3n) is 2.72. The van der Waals surface area contributed by atoms with Crippen LogP contribution in [0.25, 0.3) is 0 Å². The second-order valence-electron chi connectivity index (χ2n) is 3.86. The average molecular weight is 209 g/mol. The predicted octanol–water partition coefficient (Wildman–Crippen LogP) is 2.46. The van der Waals surface area contributed by atoms with Gasteiger partial charge in [0.1, 0.15) is 0 Å². The molecule has 1 fully saturated rings. The Hall–Kier alpha value is -0.670. The molecule has 0 saturated carbocycles. The number of carbonyl (C=O) groups is 1. The molecule has 0 amide bonds. The van der Waals surface area contributed by atoms with Crippen molar-refractivity contribution in [2.45, 2.75) is 26.3 Å². The second kappa shape index (κ2) is 4.24. The van der Waals surface area contributed by atoms with E-state index in [-0.39, 0.29) is 0 Å². The highest BCUT2D eigenvalue weighted by Gasteiger charge is 2.14. The van der Waals surface area contributed by atoms with E-state index >= 15 is 0 Å². The number of rotatable bonds is 3. The van der Waals surface area contributed by atoms with Gasteiger partial charge in [-0.05, 0) is 44.5 Å². The smallest absolute Gasteiger partial charge is 0.160 e. The van der Waals surface area contributed by atoms with Crippen molar-refractivity contribution in [3.05, 3.63) is 21.4 Å². The van der Waals surface area contributed by atoms with Crippen LogP contribution in [0.5, 0.6) is 0 Å². The van der Waals surface area contributed by atoms with Crippen molar-refractivity contribution in [3.8, 4) is 0 Å². The van der Waals surface area contributed by atoms with E-state index in [4.69, 9.17) is 0 Å². The Morgan fingerprint density at radius 1 is 1.50 bits per heavy atom. The van der Waals surface area contributed by atoms with Crippen molar-refractivity contribution in [3.63, 3.8) is 0 Å². The summed E-state index contributed by atoms with van der Waals surface area (Å²) in [6, 6.07) is 1.99. The molecule has 1 aromatic heterocycles. The van der Waals surface area contributed by atoms with Gasteiger partial charge in [-0.2, -0.15) is 0 Å². The van der Waals surface area contributed by atoms with E-state index in [2.05, 4.69) is 11.8 Å². The van der Waals surface area contributed by atoms with Crippen LogP contribution in [-0.2, 0) is 6.54 Å². The molecule has 3 heteroatoms. The summed E-state index contributed by atoms with van der Waals surface area (Å²) < 4.78 is 0. The molecule has 1 saturated heterocycles. The van der Waals surface area contributed by atoms with Crippen LogP contribution in [0.1, 0.15) is 33.0 Å². The first-order valence-electron chi connectivity index (χ1n) is 5.06. The average Bonchev–Trinajstić information content (AvgIpc) is 2.78. The lowest BCUT2D eigenvalue weighted by Gasteiger charge is -2.13. The van der Waals surface area contributed by atoms with Crippen LogP contribution in [0.2, 0.25) is 0 Å². The molecule has 1 aromatic rings. The molecule has 0 unspecified atom stereocenters. The summed E-state index contributed by atoms with van der Waals surface area (Å²) in [5.41, 5.74) is 1.27. The molecule has 0 aliphatic carbocycles. The first kappa shape index (κ1) is 9.87. The summed E-state index contributed by atoms with van der Waals surface area (Å²) in [5.74, 6) is 0. The van der Waals surface area contributed by atoms with Gasteiger partial charge >= 0.3 is 0 Å². The minimum absolute atomic E-state index is 0.858. The fourth-order valence-electron chi connectivity index (χ4n) is 1.90. The van der Waals surface area contributed by atoms with Crippen molar-refractivity contribution < 1.29 is 4.79 Å². The van der Waals surface area contributed by atoms with Crippen LogP contribution in [-0.4, -0.2) is 24.3 Å². The summed E-state index contributed by atoms with van der Waals surface area (Å²) in [4.78, 5) is 15.3. The van der Waals surface area contributed by atoms with E-state index in [1.807, 2.05) is 6.07 Å². The van der Waals surface area contributed by atoms with Gasteiger partial charge in [0.2, 0.25) is 0 Å². The van der Waals surface area contributed by atoms with Gasteiger partial charge in [-0.1, -0.05) is 0 Å². The quantitative estimate of drug-likeness (QED) is 0.713. The minimum Gasteiger partial charge on any atom is -0.298 e. The van der Waals surface area contributed by atoms with Crippen LogP contribution < -0.4 is 0 Å². The van der Waals surface area contributed by atoms with Crippen molar-refractivity contribution >= 4 is 17.6 Å². The second-order valence-corrected chi connectivity index (χ2v) is 5.02. The minimum atomic E-state index is 0.858. The van der Waals surface area contributed by atoms with Gasteiger partial charge in [0.05, 0.1) is 4.88 Å². The maximum absolute atomic E-state index is 10.6. The zero-order valence-corrected chi connectivity index (χ0v) is 9.27.